The van der Waals surface area contributed by atoms with Gasteiger partial charge in [-0.15, -0.1) is 0 Å². The molecule has 0 aliphatic heterocycles. The van der Waals surface area contributed by atoms with Gasteiger partial charge in [-0.05, 0) is 68.1 Å². The second-order valence-corrected chi connectivity index (χ2v) is 6.27. The van der Waals surface area contributed by atoms with Crippen LogP contribution in [0, 0.1) is 11.7 Å². The van der Waals surface area contributed by atoms with Gasteiger partial charge in [0.15, 0.2) is 0 Å². The van der Waals surface area contributed by atoms with E-state index in [1.54, 1.807) is 18.2 Å². The molecule has 21 heavy (non-hydrogen) atoms. The molecule has 0 bridgehead atoms. The summed E-state index contributed by atoms with van der Waals surface area (Å²) in [5, 5.41) is 0. The number of benzene rings is 1. The highest BCUT2D eigenvalue weighted by Crippen LogP contribution is 2.37. The Morgan fingerprint density at radius 3 is 2.33 bits per heavy atom. The molecule has 2 rings (SSSR count). The summed E-state index contributed by atoms with van der Waals surface area (Å²) in [4.78, 5) is 0. The number of rotatable bonds is 7. The Labute approximate surface area is 127 Å². The zero-order valence-electron chi connectivity index (χ0n) is 12.7. The SMILES string of the molecule is F/C=C/CCCCC[C@H]1CC[C@H](c2ccc(F)cc2)CC1. The molecule has 0 saturated heterocycles. The largest absolute Gasteiger partial charge is 0.216 e. The van der Waals surface area contributed by atoms with E-state index < -0.39 is 0 Å². The first-order valence-corrected chi connectivity index (χ1v) is 8.30. The summed E-state index contributed by atoms with van der Waals surface area (Å²) in [6.45, 7) is 0. The lowest BCUT2D eigenvalue weighted by Gasteiger charge is -2.28. The van der Waals surface area contributed by atoms with E-state index in [-0.39, 0.29) is 5.82 Å². The topological polar surface area (TPSA) is 0 Å². The van der Waals surface area contributed by atoms with Crippen LogP contribution in [-0.4, -0.2) is 0 Å². The van der Waals surface area contributed by atoms with E-state index in [2.05, 4.69) is 0 Å². The molecule has 116 valence electrons. The Morgan fingerprint density at radius 1 is 0.952 bits per heavy atom. The van der Waals surface area contributed by atoms with Gasteiger partial charge in [-0.2, -0.15) is 0 Å². The van der Waals surface area contributed by atoms with E-state index in [0.717, 1.165) is 18.8 Å². The van der Waals surface area contributed by atoms with Crippen LogP contribution in [0.5, 0.6) is 0 Å². The van der Waals surface area contributed by atoms with Crippen molar-refractivity contribution in [3.63, 3.8) is 0 Å². The normalized spacial score (nSPS) is 22.8. The predicted molar refractivity (Wildman–Crippen MR) is 84.4 cm³/mol. The highest BCUT2D eigenvalue weighted by atomic mass is 19.1. The number of hydrogen-bond donors (Lipinski definition) is 0. The third kappa shape index (κ3) is 5.61. The van der Waals surface area contributed by atoms with Crippen LogP contribution in [0.2, 0.25) is 0 Å². The highest BCUT2D eigenvalue weighted by molar-refractivity contribution is 5.20. The van der Waals surface area contributed by atoms with Crippen molar-refractivity contribution in [1.82, 2.24) is 0 Å². The Hall–Kier alpha value is -1.18. The van der Waals surface area contributed by atoms with Gasteiger partial charge in [0.2, 0.25) is 0 Å². The van der Waals surface area contributed by atoms with Gasteiger partial charge >= 0.3 is 0 Å². The summed E-state index contributed by atoms with van der Waals surface area (Å²) in [6.07, 6.45) is 13.1. The maximum Gasteiger partial charge on any atom is 0.123 e. The van der Waals surface area contributed by atoms with Crippen molar-refractivity contribution in [2.45, 2.75) is 63.7 Å². The van der Waals surface area contributed by atoms with Gasteiger partial charge in [-0.25, -0.2) is 8.78 Å². The summed E-state index contributed by atoms with van der Waals surface area (Å²) in [6, 6.07) is 7.04. The molecule has 2 heteroatoms. The van der Waals surface area contributed by atoms with Gasteiger partial charge in [0.05, 0.1) is 6.33 Å². The standard InChI is InChI=1S/C19H26F2/c20-15-5-3-1-2-4-6-16-7-9-17(10-8-16)18-11-13-19(21)14-12-18/h5,11-17H,1-4,6-10H2/b15-5+/t16-,17-. The predicted octanol–water partition coefficient (Wildman–Crippen LogP) is 6.53. The van der Waals surface area contributed by atoms with Gasteiger partial charge in [0.1, 0.15) is 5.82 Å². The first-order chi connectivity index (χ1) is 10.3. The lowest BCUT2D eigenvalue weighted by Crippen LogP contribution is -2.13. The molecule has 0 unspecified atom stereocenters. The summed E-state index contributed by atoms with van der Waals surface area (Å²) < 4.78 is 24.7. The van der Waals surface area contributed by atoms with E-state index in [1.165, 1.54) is 50.5 Å². The van der Waals surface area contributed by atoms with Crippen LogP contribution in [0.25, 0.3) is 0 Å². The van der Waals surface area contributed by atoms with Crippen molar-refractivity contribution in [2.75, 3.05) is 0 Å². The molecule has 0 radical (unpaired) electrons. The minimum Gasteiger partial charge on any atom is -0.216 e. The number of halogens is 2. The molecule has 0 N–H and O–H groups in total. The first-order valence-electron chi connectivity index (χ1n) is 8.30. The number of allylic oxidation sites excluding steroid dienone is 1. The minimum atomic E-state index is -0.143. The summed E-state index contributed by atoms with van der Waals surface area (Å²) in [7, 11) is 0. The molecule has 1 aliphatic carbocycles. The van der Waals surface area contributed by atoms with Gasteiger partial charge < -0.3 is 0 Å². The fourth-order valence-corrected chi connectivity index (χ4v) is 3.45. The van der Waals surface area contributed by atoms with Crippen molar-refractivity contribution in [3.8, 4) is 0 Å². The van der Waals surface area contributed by atoms with Crippen molar-refractivity contribution in [2.24, 2.45) is 5.92 Å². The Balaban J connectivity index is 1.63. The van der Waals surface area contributed by atoms with Crippen LogP contribution in [0.3, 0.4) is 0 Å². The van der Waals surface area contributed by atoms with Crippen molar-refractivity contribution >= 4 is 0 Å². The Kier molecular flexibility index (Phi) is 6.91. The molecule has 0 heterocycles. The van der Waals surface area contributed by atoms with E-state index in [0.29, 0.717) is 12.2 Å². The van der Waals surface area contributed by atoms with Gasteiger partial charge in [-0.3, -0.25) is 0 Å². The maximum absolute atomic E-state index is 12.9. The quantitative estimate of drug-likeness (QED) is 0.501. The lowest BCUT2D eigenvalue weighted by molar-refractivity contribution is 0.302. The highest BCUT2D eigenvalue weighted by Gasteiger charge is 2.21. The van der Waals surface area contributed by atoms with E-state index >= 15 is 0 Å². The van der Waals surface area contributed by atoms with Crippen molar-refractivity contribution < 1.29 is 8.78 Å². The molecule has 1 aliphatic rings. The summed E-state index contributed by atoms with van der Waals surface area (Å²) >= 11 is 0. The molecule has 0 atom stereocenters. The van der Waals surface area contributed by atoms with Gasteiger partial charge in [0, 0.05) is 0 Å². The van der Waals surface area contributed by atoms with Crippen LogP contribution < -0.4 is 0 Å². The Bertz CT molecular complexity index is 414. The van der Waals surface area contributed by atoms with E-state index in [9.17, 15) is 8.78 Å². The van der Waals surface area contributed by atoms with Gasteiger partial charge in [0.25, 0.3) is 0 Å². The molecule has 1 aromatic carbocycles. The molecule has 0 aromatic heterocycles. The smallest absolute Gasteiger partial charge is 0.123 e. The molecule has 1 saturated carbocycles. The first kappa shape index (κ1) is 16.2. The zero-order valence-corrected chi connectivity index (χ0v) is 12.7. The molecular formula is C19H26F2. The summed E-state index contributed by atoms with van der Waals surface area (Å²) in [5.41, 5.74) is 1.30. The fraction of sp³-hybridized carbons (Fsp3) is 0.579. The molecule has 1 fully saturated rings. The van der Waals surface area contributed by atoms with Crippen LogP contribution in [0.4, 0.5) is 8.78 Å². The van der Waals surface area contributed by atoms with Crippen LogP contribution in [0.15, 0.2) is 36.7 Å². The maximum atomic E-state index is 12.9. The van der Waals surface area contributed by atoms with Crippen molar-refractivity contribution in [3.05, 3.63) is 48.1 Å². The summed E-state index contributed by atoms with van der Waals surface area (Å²) in [5.74, 6) is 1.34. The zero-order chi connectivity index (χ0) is 14.9. The van der Waals surface area contributed by atoms with E-state index in [1.807, 2.05) is 12.1 Å². The molecule has 0 nitrogen and oxygen atoms in total. The van der Waals surface area contributed by atoms with Crippen molar-refractivity contribution in [1.29, 1.82) is 0 Å². The second kappa shape index (κ2) is 8.96. The molecule has 0 amide bonds. The molecule has 0 spiro atoms. The molecule has 1 aromatic rings. The van der Waals surface area contributed by atoms with Crippen LogP contribution in [-0.2, 0) is 0 Å². The second-order valence-electron chi connectivity index (χ2n) is 6.27. The number of unbranched alkanes of at least 4 members (excludes halogenated alkanes) is 3. The third-order valence-corrected chi connectivity index (χ3v) is 4.76. The monoisotopic (exact) mass is 292 g/mol. The van der Waals surface area contributed by atoms with E-state index in [4.69, 9.17) is 0 Å². The number of hydrogen-bond acceptors (Lipinski definition) is 0. The van der Waals surface area contributed by atoms with Gasteiger partial charge in [-0.1, -0.05) is 37.5 Å². The average Bonchev–Trinajstić information content (AvgIpc) is 2.52. The average molecular weight is 292 g/mol. The third-order valence-electron chi connectivity index (χ3n) is 4.76. The van der Waals surface area contributed by atoms with Crippen LogP contribution >= 0.6 is 0 Å². The Morgan fingerprint density at radius 2 is 1.67 bits per heavy atom. The lowest BCUT2D eigenvalue weighted by atomic mass is 9.77. The fourth-order valence-electron chi connectivity index (χ4n) is 3.45. The van der Waals surface area contributed by atoms with Crippen LogP contribution in [0.1, 0.15) is 69.3 Å². The minimum absolute atomic E-state index is 0.143. The molecular weight excluding hydrogens is 266 g/mol.